The molecule has 2 unspecified atom stereocenters. The molecule has 0 fully saturated rings. The number of carbonyl (C=O) groups is 1. The van der Waals surface area contributed by atoms with Crippen molar-refractivity contribution in [1.29, 1.82) is 0 Å². The lowest BCUT2D eigenvalue weighted by molar-refractivity contribution is -0.134. The summed E-state index contributed by atoms with van der Waals surface area (Å²) in [6, 6.07) is 11.5. The van der Waals surface area contributed by atoms with Crippen LogP contribution in [0.4, 0.5) is 0 Å². The number of halogens is 1. The smallest absolute Gasteiger partial charge is 0.329 e. The highest BCUT2D eigenvalue weighted by Gasteiger charge is 2.23. The van der Waals surface area contributed by atoms with E-state index in [4.69, 9.17) is 44.4 Å². The second kappa shape index (κ2) is 13.3. The van der Waals surface area contributed by atoms with Gasteiger partial charge in [-0.05, 0) is 47.7 Å². The van der Waals surface area contributed by atoms with Crippen molar-refractivity contribution in [3.8, 4) is 22.6 Å². The van der Waals surface area contributed by atoms with Crippen LogP contribution in [-0.2, 0) is 4.79 Å². The third-order valence-electron chi connectivity index (χ3n) is 4.16. The Morgan fingerprint density at radius 3 is 2.13 bits per heavy atom. The standard InChI is InChI=1S/C26H35ClO3/c1-4-6-7-8-9-10-19-29-23-15-11-21(12-16-23)22-13-17-24(18-14-22)30-26(28)25(27)20(3)5-2/h11-18,20,25H,4-10,19H2,1-3H3/i1D3,4D2,6D2,7D2,8D2,9D2,10D2,19D2. The lowest BCUT2D eigenvalue weighted by Crippen LogP contribution is -2.26. The average Bonchev–Trinajstić information content (AvgIpc) is 2.95. The van der Waals surface area contributed by atoms with Crippen LogP contribution in [0, 0.1) is 5.92 Å². The molecule has 0 amide bonds. The van der Waals surface area contributed by atoms with E-state index in [1.54, 1.807) is 12.1 Å². The second-order valence-electron chi connectivity index (χ2n) is 6.21. The summed E-state index contributed by atoms with van der Waals surface area (Å²) in [6.07, 6.45) is -24.8. The fourth-order valence-corrected chi connectivity index (χ4v) is 2.50. The maximum atomic E-state index is 12.2. The molecular formula is C26H35ClO3. The number of benzene rings is 2. The number of ether oxygens (including phenoxy) is 2. The monoisotopic (exact) mass is 447 g/mol. The Labute approximate surface area is 210 Å². The van der Waals surface area contributed by atoms with E-state index in [2.05, 4.69) is 0 Å². The van der Waals surface area contributed by atoms with E-state index < -0.39 is 63.0 Å². The largest absolute Gasteiger partial charge is 0.494 e. The van der Waals surface area contributed by atoms with E-state index in [-0.39, 0.29) is 17.4 Å². The van der Waals surface area contributed by atoms with E-state index in [1.165, 1.54) is 36.4 Å². The zero-order valence-corrected chi connectivity index (χ0v) is 17.3. The van der Waals surface area contributed by atoms with Gasteiger partial charge in [0.05, 0.1) is 9.30 Å². The SMILES string of the molecule is [2H]C([2H])([2H])C([2H])([2H])C([2H])([2H])C([2H])([2H])C([2H])([2H])C([2H])([2H])C([2H])([2H])C([2H])([2H])Oc1ccc(-c2ccc(OC(=O)C(Cl)C(C)CC)cc2)cc1. The molecule has 0 radical (unpaired) electrons. The van der Waals surface area contributed by atoms with Crippen molar-refractivity contribution >= 4 is 17.6 Å². The minimum atomic E-state index is -4.38. The molecule has 0 aliphatic carbocycles. The van der Waals surface area contributed by atoms with Crippen molar-refractivity contribution in [3.05, 3.63) is 48.5 Å². The number of hydrogen-bond acceptors (Lipinski definition) is 3. The van der Waals surface area contributed by atoms with Gasteiger partial charge in [0.25, 0.3) is 0 Å². The first-order valence-corrected chi connectivity index (χ1v) is 9.63. The van der Waals surface area contributed by atoms with Crippen LogP contribution in [-0.4, -0.2) is 17.9 Å². The van der Waals surface area contributed by atoms with Crippen molar-refractivity contribution in [2.24, 2.45) is 5.92 Å². The van der Waals surface area contributed by atoms with Gasteiger partial charge in [-0.1, -0.05) is 83.3 Å². The molecule has 4 heteroatoms. The molecule has 0 aromatic heterocycles. The summed E-state index contributed by atoms with van der Waals surface area (Å²) < 4.78 is 145. The maximum Gasteiger partial charge on any atom is 0.329 e. The Morgan fingerprint density at radius 2 is 1.53 bits per heavy atom. The predicted molar refractivity (Wildman–Crippen MR) is 125 cm³/mol. The Hall–Kier alpha value is -2.00. The maximum absolute atomic E-state index is 12.2. The number of esters is 1. The van der Waals surface area contributed by atoms with Gasteiger partial charge in [0.15, 0.2) is 0 Å². The lowest BCUT2D eigenvalue weighted by Gasteiger charge is -2.15. The number of alkyl halides is 1. The molecule has 164 valence electrons. The molecule has 0 spiro atoms. The van der Waals surface area contributed by atoms with Crippen LogP contribution >= 0.6 is 11.6 Å². The van der Waals surface area contributed by atoms with E-state index in [0.29, 0.717) is 17.5 Å². The zero-order valence-electron chi connectivity index (χ0n) is 33.6. The van der Waals surface area contributed by atoms with Crippen molar-refractivity contribution in [1.82, 2.24) is 0 Å². The van der Waals surface area contributed by atoms with Gasteiger partial charge in [0.2, 0.25) is 0 Å². The van der Waals surface area contributed by atoms with Gasteiger partial charge in [-0.2, -0.15) is 0 Å². The molecule has 2 rings (SSSR count). The zero-order chi connectivity index (χ0) is 36.8. The van der Waals surface area contributed by atoms with Crippen LogP contribution < -0.4 is 9.47 Å². The molecule has 30 heavy (non-hydrogen) atoms. The second-order valence-corrected chi connectivity index (χ2v) is 6.68. The van der Waals surface area contributed by atoms with Crippen LogP contribution in [0.3, 0.4) is 0 Å². The van der Waals surface area contributed by atoms with Gasteiger partial charge >= 0.3 is 5.97 Å². The topological polar surface area (TPSA) is 35.5 Å². The summed E-state index contributed by atoms with van der Waals surface area (Å²) >= 11 is 6.12. The molecular weight excluding hydrogens is 396 g/mol. The molecule has 0 N–H and O–H groups in total. The molecule has 0 heterocycles. The predicted octanol–water partition coefficient (Wildman–Crippen LogP) is 7.65. The lowest BCUT2D eigenvalue weighted by atomic mass is 10.0. The van der Waals surface area contributed by atoms with Gasteiger partial charge in [0.1, 0.15) is 16.9 Å². The normalized spacial score (nSPS) is 25.1. The molecule has 0 saturated heterocycles. The van der Waals surface area contributed by atoms with Gasteiger partial charge in [-0.3, -0.25) is 4.79 Å². The highest BCUT2D eigenvalue weighted by molar-refractivity contribution is 6.30. The van der Waals surface area contributed by atoms with Crippen molar-refractivity contribution < 1.29 is 37.6 Å². The fourth-order valence-electron chi connectivity index (χ4n) is 2.28. The Bertz CT molecular complexity index is 1390. The number of carbonyl (C=O) groups excluding carboxylic acids is 1. The molecule has 2 atom stereocenters. The molecule has 3 nitrogen and oxygen atoms in total. The summed E-state index contributed by atoms with van der Waals surface area (Å²) in [5, 5.41) is -0.828. The first-order chi connectivity index (χ1) is 20.9. The molecule has 0 saturated carbocycles. The highest BCUT2D eigenvalue weighted by atomic mass is 35.5. The van der Waals surface area contributed by atoms with Crippen LogP contribution in [0.25, 0.3) is 11.1 Å². The first kappa shape index (κ1) is 9.65. The Morgan fingerprint density at radius 1 is 0.967 bits per heavy atom. The third kappa shape index (κ3) is 8.02. The third-order valence-corrected chi connectivity index (χ3v) is 4.77. The van der Waals surface area contributed by atoms with Gasteiger partial charge in [0, 0.05) is 20.6 Å². The molecule has 2 aromatic rings. The minimum absolute atomic E-state index is 0.0957. The van der Waals surface area contributed by atoms with Gasteiger partial charge in [-0.15, -0.1) is 11.6 Å². The fraction of sp³-hybridized carbons (Fsp3) is 0.500. The van der Waals surface area contributed by atoms with Crippen LogP contribution in [0.5, 0.6) is 11.5 Å². The Balaban J connectivity index is 2.33. The summed E-state index contributed by atoms with van der Waals surface area (Å²) in [5.41, 5.74) is 1.15. The van der Waals surface area contributed by atoms with Crippen molar-refractivity contribution in [2.75, 3.05) is 6.56 Å². The van der Waals surface area contributed by atoms with E-state index in [0.717, 1.165) is 0 Å². The summed E-state index contributed by atoms with van der Waals surface area (Å²) in [6.45, 7) is -3.89. The summed E-state index contributed by atoms with van der Waals surface area (Å²) in [5.74, 6) is -0.820. The van der Waals surface area contributed by atoms with Crippen LogP contribution in [0.2, 0.25) is 0 Å². The van der Waals surface area contributed by atoms with E-state index >= 15 is 0 Å². The summed E-state index contributed by atoms with van der Waals surface area (Å²) in [7, 11) is 0. The van der Waals surface area contributed by atoms with E-state index in [1.807, 2.05) is 13.8 Å². The number of hydrogen-bond donors (Lipinski definition) is 0. The van der Waals surface area contributed by atoms with Crippen LogP contribution in [0.1, 0.15) is 88.7 Å². The highest BCUT2D eigenvalue weighted by Crippen LogP contribution is 2.26. The van der Waals surface area contributed by atoms with Crippen molar-refractivity contribution in [3.63, 3.8) is 0 Å². The molecule has 0 aliphatic rings. The molecule has 2 aromatic carbocycles. The Kier molecular flexibility index (Phi) is 4.29. The quantitative estimate of drug-likeness (QED) is 0.179. The van der Waals surface area contributed by atoms with Crippen LogP contribution in [0.15, 0.2) is 48.5 Å². The minimum Gasteiger partial charge on any atom is -0.494 e. The van der Waals surface area contributed by atoms with Gasteiger partial charge < -0.3 is 9.47 Å². The number of rotatable bonds is 13. The first-order valence-electron chi connectivity index (χ1n) is 17.7. The average molecular weight is 448 g/mol. The molecule has 0 bridgehead atoms. The summed E-state index contributed by atoms with van der Waals surface area (Å²) in [4.78, 5) is 12.2. The van der Waals surface area contributed by atoms with Crippen molar-refractivity contribution in [2.45, 2.75) is 70.7 Å². The van der Waals surface area contributed by atoms with Gasteiger partial charge in [-0.25, -0.2) is 0 Å². The van der Waals surface area contributed by atoms with E-state index in [9.17, 15) is 4.79 Å². The molecule has 0 aliphatic heterocycles.